The second kappa shape index (κ2) is 3.96. The van der Waals surface area contributed by atoms with E-state index < -0.39 is 0 Å². The predicted octanol–water partition coefficient (Wildman–Crippen LogP) is 1.69. The number of fused-ring (bicyclic) bond motifs is 1. The molecule has 0 saturated heterocycles. The highest BCUT2D eigenvalue weighted by molar-refractivity contribution is 5.41. The Morgan fingerprint density at radius 1 is 1.43 bits per heavy atom. The normalized spacial score (nSPS) is 13.9. The second-order valence-electron chi connectivity index (χ2n) is 3.44. The first kappa shape index (κ1) is 9.46. The summed E-state index contributed by atoms with van der Waals surface area (Å²) < 4.78 is 19.0. The first-order valence-corrected chi connectivity index (χ1v) is 4.87. The smallest absolute Gasteiger partial charge is 0.133 e. The fourth-order valence-electron chi connectivity index (χ4n) is 1.75. The summed E-state index contributed by atoms with van der Waals surface area (Å²) in [5, 5.41) is 8.66. The lowest BCUT2D eigenvalue weighted by molar-refractivity contribution is 0.288. The quantitative estimate of drug-likeness (QED) is 0.797. The van der Waals surface area contributed by atoms with Crippen LogP contribution in [0.2, 0.25) is 0 Å². The second-order valence-corrected chi connectivity index (χ2v) is 3.44. The third kappa shape index (κ3) is 1.60. The summed E-state index contributed by atoms with van der Waals surface area (Å²) >= 11 is 0. The molecule has 1 aromatic rings. The molecule has 2 nitrogen and oxygen atoms in total. The maximum Gasteiger partial charge on any atom is 0.133 e. The molecule has 0 spiro atoms. The summed E-state index contributed by atoms with van der Waals surface area (Å²) in [6.07, 6.45) is 1.86. The van der Waals surface area contributed by atoms with E-state index >= 15 is 0 Å². The van der Waals surface area contributed by atoms with Gasteiger partial charge in [-0.1, -0.05) is 6.07 Å². The van der Waals surface area contributed by atoms with Gasteiger partial charge in [0.05, 0.1) is 6.61 Å². The van der Waals surface area contributed by atoms with Gasteiger partial charge >= 0.3 is 0 Å². The Morgan fingerprint density at radius 2 is 2.29 bits per heavy atom. The van der Waals surface area contributed by atoms with E-state index in [1.807, 2.05) is 6.07 Å². The minimum atomic E-state index is -0.145. The highest BCUT2D eigenvalue weighted by Crippen LogP contribution is 2.29. The maximum atomic E-state index is 13.7. The Labute approximate surface area is 82.3 Å². The van der Waals surface area contributed by atoms with Gasteiger partial charge in [0.1, 0.15) is 11.6 Å². The molecule has 1 aliphatic heterocycles. The van der Waals surface area contributed by atoms with Crippen molar-refractivity contribution in [3.05, 3.63) is 29.1 Å². The van der Waals surface area contributed by atoms with Gasteiger partial charge < -0.3 is 9.84 Å². The molecule has 1 aromatic carbocycles. The summed E-state index contributed by atoms with van der Waals surface area (Å²) in [7, 11) is 0. The molecule has 0 saturated carbocycles. The third-order valence-corrected chi connectivity index (χ3v) is 2.49. The number of halogens is 1. The number of rotatable bonds is 3. The average Bonchev–Trinajstić information content (AvgIpc) is 2.66. The molecule has 0 unspecified atom stereocenters. The number of aliphatic hydroxyl groups excluding tert-OH is 1. The number of ether oxygens (including phenoxy) is 1. The number of hydrogen-bond donors (Lipinski definition) is 1. The first-order valence-electron chi connectivity index (χ1n) is 4.87. The fraction of sp³-hybridized carbons (Fsp3) is 0.455. The molecular weight excluding hydrogens is 183 g/mol. The lowest BCUT2D eigenvalue weighted by Crippen LogP contribution is -1.96. The van der Waals surface area contributed by atoms with Crippen LogP contribution in [0.1, 0.15) is 17.5 Å². The topological polar surface area (TPSA) is 29.5 Å². The first-order chi connectivity index (χ1) is 6.83. The van der Waals surface area contributed by atoms with Crippen molar-refractivity contribution < 1.29 is 14.2 Å². The van der Waals surface area contributed by atoms with Gasteiger partial charge in [0.25, 0.3) is 0 Å². The SMILES string of the molecule is OCCCc1ccc2c(c1F)CCO2. The van der Waals surface area contributed by atoms with Crippen molar-refractivity contribution in [3.63, 3.8) is 0 Å². The van der Waals surface area contributed by atoms with Crippen LogP contribution in [-0.2, 0) is 12.8 Å². The molecule has 0 amide bonds. The minimum absolute atomic E-state index is 0.104. The summed E-state index contributed by atoms with van der Waals surface area (Å²) in [6, 6.07) is 3.56. The molecular formula is C11H13FO2. The maximum absolute atomic E-state index is 13.7. The Kier molecular flexibility index (Phi) is 2.68. The van der Waals surface area contributed by atoms with Gasteiger partial charge in [-0.3, -0.25) is 0 Å². The van der Waals surface area contributed by atoms with Crippen molar-refractivity contribution in [2.45, 2.75) is 19.3 Å². The van der Waals surface area contributed by atoms with Crippen molar-refractivity contribution in [2.24, 2.45) is 0 Å². The number of benzene rings is 1. The summed E-state index contributed by atoms with van der Waals surface area (Å²) in [6.45, 7) is 0.683. The predicted molar refractivity (Wildman–Crippen MR) is 51.0 cm³/mol. The molecule has 0 radical (unpaired) electrons. The Morgan fingerprint density at radius 3 is 3.07 bits per heavy atom. The van der Waals surface area contributed by atoms with Crippen LogP contribution in [0.15, 0.2) is 12.1 Å². The van der Waals surface area contributed by atoms with Crippen molar-refractivity contribution in [2.75, 3.05) is 13.2 Å². The zero-order valence-electron chi connectivity index (χ0n) is 7.92. The van der Waals surface area contributed by atoms with E-state index in [4.69, 9.17) is 9.84 Å². The molecule has 3 heteroatoms. The number of hydrogen-bond acceptors (Lipinski definition) is 2. The van der Waals surface area contributed by atoms with Crippen molar-refractivity contribution >= 4 is 0 Å². The summed E-state index contributed by atoms with van der Waals surface area (Å²) in [5.74, 6) is 0.531. The van der Waals surface area contributed by atoms with Crippen LogP contribution in [0.3, 0.4) is 0 Å². The van der Waals surface area contributed by atoms with Crippen molar-refractivity contribution in [3.8, 4) is 5.75 Å². The standard InChI is InChI=1S/C11H13FO2/c12-11-8(2-1-6-13)3-4-10-9(11)5-7-14-10/h3-4,13H,1-2,5-7H2. The van der Waals surface area contributed by atoms with Crippen LogP contribution in [0.5, 0.6) is 5.75 Å². The monoisotopic (exact) mass is 196 g/mol. The minimum Gasteiger partial charge on any atom is -0.493 e. The zero-order valence-corrected chi connectivity index (χ0v) is 7.92. The highest BCUT2D eigenvalue weighted by Gasteiger charge is 2.18. The average molecular weight is 196 g/mol. The van der Waals surface area contributed by atoms with Crippen LogP contribution in [0.4, 0.5) is 4.39 Å². The molecule has 2 rings (SSSR count). The van der Waals surface area contributed by atoms with E-state index in [2.05, 4.69) is 0 Å². The van der Waals surface area contributed by atoms with E-state index in [0.717, 1.165) is 0 Å². The number of aryl methyl sites for hydroxylation is 1. The van der Waals surface area contributed by atoms with Crippen LogP contribution < -0.4 is 4.74 Å². The molecule has 0 aromatic heterocycles. The molecule has 1 heterocycles. The molecule has 1 N–H and O–H groups in total. The number of aliphatic hydroxyl groups is 1. The summed E-state index contributed by atoms with van der Waals surface area (Å²) in [4.78, 5) is 0. The molecule has 0 aliphatic carbocycles. The van der Waals surface area contributed by atoms with Crippen molar-refractivity contribution in [1.82, 2.24) is 0 Å². The van der Waals surface area contributed by atoms with E-state index in [1.165, 1.54) is 0 Å². The van der Waals surface area contributed by atoms with Crippen molar-refractivity contribution in [1.29, 1.82) is 0 Å². The van der Waals surface area contributed by atoms with Gasteiger partial charge in [0.15, 0.2) is 0 Å². The van der Waals surface area contributed by atoms with Gasteiger partial charge in [-0.2, -0.15) is 0 Å². The largest absolute Gasteiger partial charge is 0.493 e. The van der Waals surface area contributed by atoms with E-state index in [1.54, 1.807) is 6.07 Å². The van der Waals surface area contributed by atoms with Gasteiger partial charge in [-0.05, 0) is 24.5 Å². The van der Waals surface area contributed by atoms with Gasteiger partial charge in [-0.25, -0.2) is 4.39 Å². The van der Waals surface area contributed by atoms with Gasteiger partial charge in [0, 0.05) is 18.6 Å². The fourth-order valence-corrected chi connectivity index (χ4v) is 1.75. The lowest BCUT2D eigenvalue weighted by atomic mass is 10.0. The Bertz CT molecular complexity index is 336. The molecule has 0 bridgehead atoms. The van der Waals surface area contributed by atoms with Gasteiger partial charge in [0.2, 0.25) is 0 Å². The Balaban J connectivity index is 2.26. The molecule has 0 atom stereocenters. The summed E-state index contributed by atoms with van der Waals surface area (Å²) in [5.41, 5.74) is 1.38. The lowest BCUT2D eigenvalue weighted by Gasteiger charge is -2.05. The highest BCUT2D eigenvalue weighted by atomic mass is 19.1. The molecule has 76 valence electrons. The third-order valence-electron chi connectivity index (χ3n) is 2.49. The Hall–Kier alpha value is -1.09. The van der Waals surface area contributed by atoms with Crippen LogP contribution in [0, 0.1) is 5.82 Å². The molecule has 14 heavy (non-hydrogen) atoms. The van der Waals surface area contributed by atoms with Crippen LogP contribution in [-0.4, -0.2) is 18.3 Å². The molecule has 0 fully saturated rings. The van der Waals surface area contributed by atoms with E-state index in [0.29, 0.717) is 42.7 Å². The molecule has 1 aliphatic rings. The van der Waals surface area contributed by atoms with Crippen LogP contribution >= 0.6 is 0 Å². The van der Waals surface area contributed by atoms with Gasteiger partial charge in [-0.15, -0.1) is 0 Å². The van der Waals surface area contributed by atoms with E-state index in [9.17, 15) is 4.39 Å². The van der Waals surface area contributed by atoms with Crippen LogP contribution in [0.25, 0.3) is 0 Å². The zero-order chi connectivity index (χ0) is 9.97. The van der Waals surface area contributed by atoms with E-state index in [-0.39, 0.29) is 12.4 Å².